The molecule has 0 saturated heterocycles. The van der Waals surface area contributed by atoms with Crippen LogP contribution in [-0.2, 0) is 0 Å². The Bertz CT molecular complexity index is 154. The zero-order valence-corrected chi connectivity index (χ0v) is 9.84. The Hall–Kier alpha value is -0.0800. The molecule has 0 heterocycles. The van der Waals surface area contributed by atoms with E-state index in [4.69, 9.17) is 5.11 Å². The van der Waals surface area contributed by atoms with Crippen LogP contribution in [0.5, 0.6) is 0 Å². The van der Waals surface area contributed by atoms with E-state index in [1.807, 2.05) is 0 Å². The molecule has 84 valence electrons. The minimum Gasteiger partial charge on any atom is -0.395 e. The van der Waals surface area contributed by atoms with Crippen LogP contribution in [0.3, 0.4) is 0 Å². The average molecular weight is 199 g/mol. The largest absolute Gasteiger partial charge is 0.395 e. The van der Waals surface area contributed by atoms with Crippen molar-refractivity contribution in [2.45, 2.75) is 65.0 Å². The van der Waals surface area contributed by atoms with Crippen LogP contribution in [0.1, 0.15) is 52.9 Å². The van der Waals surface area contributed by atoms with Gasteiger partial charge in [-0.1, -0.05) is 20.8 Å². The van der Waals surface area contributed by atoms with Crippen LogP contribution < -0.4 is 5.32 Å². The van der Waals surface area contributed by atoms with E-state index >= 15 is 0 Å². The lowest BCUT2D eigenvalue weighted by Crippen LogP contribution is -2.43. The monoisotopic (exact) mass is 199 g/mol. The van der Waals surface area contributed by atoms with Gasteiger partial charge < -0.3 is 10.4 Å². The van der Waals surface area contributed by atoms with Gasteiger partial charge in [-0.2, -0.15) is 0 Å². The summed E-state index contributed by atoms with van der Waals surface area (Å²) < 4.78 is 0. The van der Waals surface area contributed by atoms with E-state index in [0.29, 0.717) is 17.5 Å². The van der Waals surface area contributed by atoms with Crippen molar-refractivity contribution >= 4 is 0 Å². The van der Waals surface area contributed by atoms with Crippen LogP contribution in [0.25, 0.3) is 0 Å². The van der Waals surface area contributed by atoms with Crippen LogP contribution in [0.4, 0.5) is 0 Å². The number of hydrogen-bond donors (Lipinski definition) is 2. The van der Waals surface area contributed by atoms with Gasteiger partial charge in [0, 0.05) is 12.1 Å². The van der Waals surface area contributed by atoms with Crippen molar-refractivity contribution in [2.75, 3.05) is 6.61 Å². The summed E-state index contributed by atoms with van der Waals surface area (Å²) in [7, 11) is 0. The second kappa shape index (κ2) is 5.13. The first-order chi connectivity index (χ1) is 6.57. The first-order valence-electron chi connectivity index (χ1n) is 5.94. The molecule has 0 unspecified atom stereocenters. The Morgan fingerprint density at radius 2 is 1.93 bits per heavy atom. The maximum Gasteiger partial charge on any atom is 0.0584 e. The van der Waals surface area contributed by atoms with Crippen molar-refractivity contribution in [1.82, 2.24) is 5.32 Å². The molecule has 0 aromatic carbocycles. The molecular formula is C12H25NO. The average Bonchev–Trinajstić information content (AvgIpc) is 2.16. The van der Waals surface area contributed by atoms with Crippen molar-refractivity contribution in [2.24, 2.45) is 5.41 Å². The van der Waals surface area contributed by atoms with Crippen molar-refractivity contribution in [3.8, 4) is 0 Å². The lowest BCUT2D eigenvalue weighted by molar-refractivity contribution is 0.173. The van der Waals surface area contributed by atoms with Crippen LogP contribution in [0.2, 0.25) is 0 Å². The van der Waals surface area contributed by atoms with E-state index in [2.05, 4.69) is 26.1 Å². The van der Waals surface area contributed by atoms with Gasteiger partial charge in [-0.15, -0.1) is 0 Å². The predicted octanol–water partition coefficient (Wildman–Crippen LogP) is 2.32. The van der Waals surface area contributed by atoms with Gasteiger partial charge in [0.25, 0.3) is 0 Å². The van der Waals surface area contributed by atoms with E-state index in [-0.39, 0.29) is 6.61 Å². The molecule has 0 spiro atoms. The highest BCUT2D eigenvalue weighted by atomic mass is 16.3. The summed E-state index contributed by atoms with van der Waals surface area (Å²) in [5.74, 6) is 0. The number of nitrogens with one attached hydrogen (secondary N) is 1. The van der Waals surface area contributed by atoms with Crippen LogP contribution in [0.15, 0.2) is 0 Å². The molecule has 1 aliphatic rings. The van der Waals surface area contributed by atoms with Crippen LogP contribution in [0, 0.1) is 5.41 Å². The van der Waals surface area contributed by atoms with Crippen molar-refractivity contribution < 1.29 is 5.11 Å². The minimum absolute atomic E-state index is 0.274. The highest BCUT2D eigenvalue weighted by Crippen LogP contribution is 2.35. The van der Waals surface area contributed by atoms with E-state index in [1.165, 1.54) is 25.7 Å². The zero-order valence-electron chi connectivity index (χ0n) is 9.84. The standard InChI is InChI=1S/C12H25NO/c1-4-10(9-14)13-11-5-7-12(2,3)8-6-11/h10-11,13-14H,4-9H2,1-3H3/t10-/m0/s1. The van der Waals surface area contributed by atoms with Crippen LogP contribution in [-0.4, -0.2) is 23.8 Å². The third kappa shape index (κ3) is 3.58. The lowest BCUT2D eigenvalue weighted by Gasteiger charge is -2.36. The Labute approximate surface area is 88.1 Å². The summed E-state index contributed by atoms with van der Waals surface area (Å²) in [6.45, 7) is 7.11. The SMILES string of the molecule is CC[C@@H](CO)NC1CCC(C)(C)CC1. The first kappa shape index (κ1) is 12.0. The Balaban J connectivity index is 2.28. The van der Waals surface area contributed by atoms with Crippen molar-refractivity contribution in [3.05, 3.63) is 0 Å². The molecule has 1 fully saturated rings. The number of hydrogen-bond acceptors (Lipinski definition) is 2. The minimum atomic E-state index is 0.274. The van der Waals surface area contributed by atoms with Crippen molar-refractivity contribution in [3.63, 3.8) is 0 Å². The second-order valence-corrected chi connectivity index (χ2v) is 5.39. The molecule has 1 rings (SSSR count). The maximum absolute atomic E-state index is 9.10. The summed E-state index contributed by atoms with van der Waals surface area (Å²) in [5, 5.41) is 12.6. The second-order valence-electron chi connectivity index (χ2n) is 5.39. The number of aliphatic hydroxyl groups is 1. The molecular weight excluding hydrogens is 174 g/mol. The predicted molar refractivity (Wildman–Crippen MR) is 60.3 cm³/mol. The maximum atomic E-state index is 9.10. The molecule has 2 N–H and O–H groups in total. The van der Waals surface area contributed by atoms with Gasteiger partial charge in [0.2, 0.25) is 0 Å². The van der Waals surface area contributed by atoms with Gasteiger partial charge in [0.15, 0.2) is 0 Å². The third-order valence-electron chi connectivity index (χ3n) is 3.52. The molecule has 0 aromatic rings. The number of rotatable bonds is 4. The highest BCUT2D eigenvalue weighted by Gasteiger charge is 2.27. The molecule has 0 aliphatic heterocycles. The fourth-order valence-corrected chi connectivity index (χ4v) is 2.20. The highest BCUT2D eigenvalue weighted by molar-refractivity contribution is 4.83. The van der Waals surface area contributed by atoms with Crippen molar-refractivity contribution in [1.29, 1.82) is 0 Å². The van der Waals surface area contributed by atoms with Gasteiger partial charge in [-0.3, -0.25) is 0 Å². The van der Waals surface area contributed by atoms with E-state index < -0.39 is 0 Å². The first-order valence-corrected chi connectivity index (χ1v) is 5.94. The summed E-state index contributed by atoms with van der Waals surface area (Å²) in [5.41, 5.74) is 0.541. The smallest absolute Gasteiger partial charge is 0.0584 e. The van der Waals surface area contributed by atoms with E-state index in [0.717, 1.165) is 6.42 Å². The Morgan fingerprint density at radius 3 is 2.36 bits per heavy atom. The fraction of sp³-hybridized carbons (Fsp3) is 1.00. The van der Waals surface area contributed by atoms with Gasteiger partial charge in [-0.25, -0.2) is 0 Å². The molecule has 1 saturated carbocycles. The molecule has 2 nitrogen and oxygen atoms in total. The molecule has 1 aliphatic carbocycles. The Kier molecular flexibility index (Phi) is 4.39. The van der Waals surface area contributed by atoms with E-state index in [9.17, 15) is 0 Å². The molecule has 0 aromatic heterocycles. The molecule has 2 heteroatoms. The van der Waals surface area contributed by atoms with Gasteiger partial charge in [0.1, 0.15) is 0 Å². The number of aliphatic hydroxyl groups excluding tert-OH is 1. The summed E-state index contributed by atoms with van der Waals surface area (Å²) >= 11 is 0. The summed E-state index contributed by atoms with van der Waals surface area (Å²) in [6.07, 6.45) is 6.18. The summed E-state index contributed by atoms with van der Waals surface area (Å²) in [4.78, 5) is 0. The van der Waals surface area contributed by atoms with Gasteiger partial charge in [0.05, 0.1) is 6.61 Å². The van der Waals surface area contributed by atoms with Gasteiger partial charge in [-0.05, 0) is 37.5 Å². The summed E-state index contributed by atoms with van der Waals surface area (Å²) in [6, 6.07) is 0.946. The van der Waals surface area contributed by atoms with Gasteiger partial charge >= 0.3 is 0 Å². The lowest BCUT2D eigenvalue weighted by atomic mass is 9.75. The topological polar surface area (TPSA) is 32.3 Å². The third-order valence-corrected chi connectivity index (χ3v) is 3.52. The quantitative estimate of drug-likeness (QED) is 0.728. The molecule has 14 heavy (non-hydrogen) atoms. The fourth-order valence-electron chi connectivity index (χ4n) is 2.20. The molecule has 0 radical (unpaired) electrons. The van der Waals surface area contributed by atoms with E-state index in [1.54, 1.807) is 0 Å². The zero-order chi connectivity index (χ0) is 10.6. The Morgan fingerprint density at radius 1 is 1.36 bits per heavy atom. The molecule has 0 bridgehead atoms. The molecule has 0 amide bonds. The van der Waals surface area contributed by atoms with Crippen LogP contribution >= 0.6 is 0 Å². The normalized spacial score (nSPS) is 24.9. The molecule has 1 atom stereocenters.